The van der Waals surface area contributed by atoms with Crippen LogP contribution < -0.4 is 16.4 Å². The lowest BCUT2D eigenvalue weighted by Gasteiger charge is -2.24. The van der Waals surface area contributed by atoms with Crippen LogP contribution in [-0.4, -0.2) is 40.9 Å². The summed E-state index contributed by atoms with van der Waals surface area (Å²) < 4.78 is 36.9. The predicted octanol–water partition coefficient (Wildman–Crippen LogP) is 0.00200. The van der Waals surface area contributed by atoms with E-state index in [0.29, 0.717) is 0 Å². The van der Waals surface area contributed by atoms with Gasteiger partial charge in [0, 0.05) is 12.6 Å². The van der Waals surface area contributed by atoms with Crippen LogP contribution in [-0.2, 0) is 0 Å². The summed E-state index contributed by atoms with van der Waals surface area (Å²) in [6.07, 6.45) is -4.41. The lowest BCUT2D eigenvalue weighted by Crippen LogP contribution is -2.37. The van der Waals surface area contributed by atoms with Crippen molar-refractivity contribution in [3.8, 4) is 0 Å². The standard InChI is InChI=1S/C8H12F3N5O/c9-8(10,11)4-16(1-2-17)6-3-5(12)14-7(13)15-6/h3,17H,1-2,4H2,(H4,12,13,14,15). The summed E-state index contributed by atoms with van der Waals surface area (Å²) >= 11 is 0. The fourth-order valence-corrected chi connectivity index (χ4v) is 1.25. The lowest BCUT2D eigenvalue weighted by atomic mass is 10.4. The van der Waals surface area contributed by atoms with Crippen LogP contribution in [0.1, 0.15) is 0 Å². The van der Waals surface area contributed by atoms with Crippen LogP contribution in [0, 0.1) is 0 Å². The summed E-state index contributed by atoms with van der Waals surface area (Å²) in [7, 11) is 0. The molecule has 5 N–H and O–H groups in total. The fraction of sp³-hybridized carbons (Fsp3) is 0.500. The first-order valence-corrected chi connectivity index (χ1v) is 4.64. The molecule has 1 aromatic heterocycles. The molecular weight excluding hydrogens is 239 g/mol. The predicted molar refractivity (Wildman–Crippen MR) is 56.2 cm³/mol. The third-order valence-electron chi connectivity index (χ3n) is 1.81. The number of aliphatic hydroxyl groups is 1. The van der Waals surface area contributed by atoms with E-state index in [9.17, 15) is 13.2 Å². The van der Waals surface area contributed by atoms with Crippen molar-refractivity contribution in [2.75, 3.05) is 36.1 Å². The first-order chi connectivity index (χ1) is 7.81. The highest BCUT2D eigenvalue weighted by molar-refractivity contribution is 5.50. The number of halogens is 3. The normalized spacial score (nSPS) is 11.5. The van der Waals surface area contributed by atoms with E-state index in [4.69, 9.17) is 16.6 Å². The first-order valence-electron chi connectivity index (χ1n) is 4.64. The van der Waals surface area contributed by atoms with E-state index >= 15 is 0 Å². The van der Waals surface area contributed by atoms with E-state index in [1.54, 1.807) is 0 Å². The SMILES string of the molecule is Nc1cc(N(CCO)CC(F)(F)F)nc(N)n1. The van der Waals surface area contributed by atoms with Crippen molar-refractivity contribution < 1.29 is 18.3 Å². The van der Waals surface area contributed by atoms with Crippen molar-refractivity contribution in [2.45, 2.75) is 6.18 Å². The Hall–Kier alpha value is -1.77. The number of hydrogen-bond donors (Lipinski definition) is 3. The molecule has 0 radical (unpaired) electrons. The zero-order chi connectivity index (χ0) is 13.1. The minimum atomic E-state index is -4.41. The van der Waals surface area contributed by atoms with Gasteiger partial charge in [-0.2, -0.15) is 23.1 Å². The van der Waals surface area contributed by atoms with Crippen LogP contribution >= 0.6 is 0 Å². The molecule has 0 aliphatic rings. The van der Waals surface area contributed by atoms with Crippen molar-refractivity contribution in [1.82, 2.24) is 9.97 Å². The van der Waals surface area contributed by atoms with Crippen molar-refractivity contribution in [2.24, 2.45) is 0 Å². The van der Waals surface area contributed by atoms with E-state index < -0.39 is 19.3 Å². The second-order valence-corrected chi connectivity index (χ2v) is 3.27. The Labute approximate surface area is 95.1 Å². The Balaban J connectivity index is 2.96. The number of rotatable bonds is 4. The van der Waals surface area contributed by atoms with Gasteiger partial charge < -0.3 is 21.5 Å². The summed E-state index contributed by atoms with van der Waals surface area (Å²) in [6, 6.07) is 1.16. The second-order valence-electron chi connectivity index (χ2n) is 3.27. The van der Waals surface area contributed by atoms with Gasteiger partial charge in [0.1, 0.15) is 18.2 Å². The largest absolute Gasteiger partial charge is 0.405 e. The molecular formula is C8H12F3N5O. The molecule has 9 heteroatoms. The molecule has 1 aromatic rings. The molecule has 0 aliphatic heterocycles. The van der Waals surface area contributed by atoms with E-state index in [-0.39, 0.29) is 24.1 Å². The van der Waals surface area contributed by atoms with Gasteiger partial charge in [-0.15, -0.1) is 0 Å². The minimum Gasteiger partial charge on any atom is -0.395 e. The molecule has 0 atom stereocenters. The summed E-state index contributed by atoms with van der Waals surface area (Å²) in [5, 5.41) is 8.72. The number of aromatic nitrogens is 2. The lowest BCUT2D eigenvalue weighted by molar-refractivity contribution is -0.120. The van der Waals surface area contributed by atoms with E-state index in [1.807, 2.05) is 0 Å². The van der Waals surface area contributed by atoms with Crippen molar-refractivity contribution >= 4 is 17.6 Å². The highest BCUT2D eigenvalue weighted by Crippen LogP contribution is 2.21. The van der Waals surface area contributed by atoms with Crippen LogP contribution in [0.15, 0.2) is 6.07 Å². The molecule has 0 amide bonds. The second kappa shape index (κ2) is 5.04. The third kappa shape index (κ3) is 4.31. The third-order valence-corrected chi connectivity index (χ3v) is 1.81. The zero-order valence-corrected chi connectivity index (χ0v) is 8.78. The number of anilines is 3. The summed E-state index contributed by atoms with van der Waals surface area (Å²) in [5.74, 6) is -0.316. The van der Waals surface area contributed by atoms with Gasteiger partial charge >= 0.3 is 6.18 Å². The van der Waals surface area contributed by atoms with Gasteiger partial charge in [-0.05, 0) is 0 Å². The maximum atomic E-state index is 12.3. The quantitative estimate of drug-likeness (QED) is 0.696. The number of aliphatic hydroxyl groups excluding tert-OH is 1. The van der Waals surface area contributed by atoms with Gasteiger partial charge in [0.15, 0.2) is 0 Å². The van der Waals surface area contributed by atoms with Crippen LogP contribution in [0.5, 0.6) is 0 Å². The van der Waals surface area contributed by atoms with Gasteiger partial charge in [-0.3, -0.25) is 0 Å². The Morgan fingerprint density at radius 3 is 2.41 bits per heavy atom. The number of alkyl halides is 3. The molecule has 6 nitrogen and oxygen atoms in total. The van der Waals surface area contributed by atoms with Crippen LogP contribution in [0.3, 0.4) is 0 Å². The molecule has 0 spiro atoms. The Kier molecular flexibility index (Phi) is 3.94. The first kappa shape index (κ1) is 13.3. The smallest absolute Gasteiger partial charge is 0.395 e. The van der Waals surface area contributed by atoms with Crippen LogP contribution in [0.25, 0.3) is 0 Å². The van der Waals surface area contributed by atoms with Gasteiger partial charge in [0.2, 0.25) is 5.95 Å². The molecule has 0 fully saturated rings. The van der Waals surface area contributed by atoms with Crippen molar-refractivity contribution in [3.05, 3.63) is 6.07 Å². The Morgan fingerprint density at radius 2 is 1.94 bits per heavy atom. The molecule has 0 saturated carbocycles. The van der Waals surface area contributed by atoms with Crippen molar-refractivity contribution in [3.63, 3.8) is 0 Å². The van der Waals surface area contributed by atoms with E-state index in [0.717, 1.165) is 11.0 Å². The average molecular weight is 251 g/mol. The molecule has 96 valence electrons. The molecule has 1 heterocycles. The average Bonchev–Trinajstić information content (AvgIpc) is 2.13. The maximum Gasteiger partial charge on any atom is 0.405 e. The zero-order valence-electron chi connectivity index (χ0n) is 8.78. The molecule has 0 bridgehead atoms. The number of nitrogen functional groups attached to an aromatic ring is 2. The minimum absolute atomic E-state index is 0.0300. The molecule has 0 aromatic carbocycles. The number of nitrogens with two attached hydrogens (primary N) is 2. The number of nitrogens with zero attached hydrogens (tertiary/aromatic N) is 3. The van der Waals surface area contributed by atoms with Gasteiger partial charge in [0.25, 0.3) is 0 Å². The van der Waals surface area contributed by atoms with E-state index in [2.05, 4.69) is 9.97 Å². The molecule has 1 rings (SSSR count). The maximum absolute atomic E-state index is 12.3. The van der Waals surface area contributed by atoms with Gasteiger partial charge in [0.05, 0.1) is 6.61 Å². The molecule has 0 unspecified atom stereocenters. The number of hydrogen-bond acceptors (Lipinski definition) is 6. The van der Waals surface area contributed by atoms with Gasteiger partial charge in [-0.25, -0.2) is 0 Å². The summed E-state index contributed by atoms with van der Waals surface area (Å²) in [4.78, 5) is 8.01. The summed E-state index contributed by atoms with van der Waals surface area (Å²) in [6.45, 7) is -1.92. The topological polar surface area (TPSA) is 101 Å². The monoisotopic (exact) mass is 251 g/mol. The van der Waals surface area contributed by atoms with Crippen LogP contribution in [0.4, 0.5) is 30.8 Å². The highest BCUT2D eigenvalue weighted by atomic mass is 19.4. The molecule has 17 heavy (non-hydrogen) atoms. The Bertz CT molecular complexity index is 364. The van der Waals surface area contributed by atoms with Crippen molar-refractivity contribution in [1.29, 1.82) is 0 Å². The van der Waals surface area contributed by atoms with Crippen LogP contribution in [0.2, 0.25) is 0 Å². The molecule has 0 saturated heterocycles. The highest BCUT2D eigenvalue weighted by Gasteiger charge is 2.31. The van der Waals surface area contributed by atoms with Gasteiger partial charge in [-0.1, -0.05) is 0 Å². The molecule has 0 aliphatic carbocycles. The van der Waals surface area contributed by atoms with E-state index in [1.165, 1.54) is 0 Å². The Morgan fingerprint density at radius 1 is 1.29 bits per heavy atom. The fourth-order valence-electron chi connectivity index (χ4n) is 1.25. The summed E-state index contributed by atoms with van der Waals surface area (Å²) in [5.41, 5.74) is 10.6.